The van der Waals surface area contributed by atoms with Gasteiger partial charge in [0.25, 0.3) is 0 Å². The number of amides is 5. The van der Waals surface area contributed by atoms with Gasteiger partial charge in [0, 0.05) is 29.6 Å². The zero-order valence-corrected chi connectivity index (χ0v) is 23.3. The predicted octanol–water partition coefficient (Wildman–Crippen LogP) is 2.69. The van der Waals surface area contributed by atoms with Gasteiger partial charge >= 0.3 is 6.03 Å². The van der Waals surface area contributed by atoms with E-state index in [-0.39, 0.29) is 25.3 Å². The number of methoxy groups -OCH3 is 1. The van der Waals surface area contributed by atoms with Gasteiger partial charge in [0.15, 0.2) is 0 Å². The van der Waals surface area contributed by atoms with E-state index in [0.717, 1.165) is 16.0 Å². The molecule has 0 aliphatic carbocycles. The molecule has 3 rings (SSSR count). The lowest BCUT2D eigenvalue weighted by Gasteiger charge is -2.25. The first kappa shape index (κ1) is 29.6. The molecular weight excluding hydrogens is 518 g/mol. The number of carbonyl (C=O) groups excluding carboxylic acids is 4. The van der Waals surface area contributed by atoms with Gasteiger partial charge in [-0.25, -0.2) is 4.79 Å². The maximum atomic E-state index is 13.4. The first-order valence-electron chi connectivity index (χ1n) is 12.5. The molecule has 3 unspecified atom stereocenters. The summed E-state index contributed by atoms with van der Waals surface area (Å²) in [5, 5.41) is 8.37. The molecule has 0 aromatic heterocycles. The number of nitrogens with zero attached hydrogens (tertiary/aromatic N) is 1. The van der Waals surface area contributed by atoms with E-state index in [9.17, 15) is 19.2 Å². The first-order chi connectivity index (χ1) is 18.6. The number of urea groups is 1. The second-order valence-corrected chi connectivity index (χ2v) is 10.4. The number of ether oxygens (including phenoxy) is 1. The van der Waals surface area contributed by atoms with E-state index in [1.54, 1.807) is 63.1 Å². The highest BCUT2D eigenvalue weighted by molar-refractivity contribution is 7.98. The second-order valence-electron chi connectivity index (χ2n) is 9.51. The van der Waals surface area contributed by atoms with Crippen LogP contribution in [0, 0.1) is 0 Å². The Kier molecular flexibility index (Phi) is 10.4. The molecule has 1 heterocycles. The van der Waals surface area contributed by atoms with Crippen molar-refractivity contribution < 1.29 is 23.9 Å². The number of benzene rings is 2. The van der Waals surface area contributed by atoms with Gasteiger partial charge in [-0.3, -0.25) is 14.4 Å². The average Bonchev–Trinajstić information content (AvgIpc) is 3.32. The van der Waals surface area contributed by atoms with Crippen molar-refractivity contribution in [3.63, 3.8) is 0 Å². The number of likely N-dealkylation sites (tertiary alicyclic amines) is 1. The average molecular weight is 554 g/mol. The molecule has 0 spiro atoms. The molecule has 11 heteroatoms. The van der Waals surface area contributed by atoms with Gasteiger partial charge in [0.1, 0.15) is 17.8 Å². The Bertz CT molecular complexity index is 1230. The smallest absolute Gasteiger partial charge is 0.319 e. The third-order valence-corrected chi connectivity index (χ3v) is 6.95. The van der Waals surface area contributed by atoms with Gasteiger partial charge in [-0.1, -0.05) is 23.8 Å². The van der Waals surface area contributed by atoms with E-state index in [1.807, 2.05) is 24.5 Å². The molecule has 1 aliphatic heterocycles. The zero-order chi connectivity index (χ0) is 28.5. The molecule has 0 radical (unpaired) electrons. The summed E-state index contributed by atoms with van der Waals surface area (Å²) in [7, 11) is 1.56. The molecule has 2 aromatic carbocycles. The number of nitrogens with one attached hydrogen (secondary N) is 3. The summed E-state index contributed by atoms with van der Waals surface area (Å²) < 4.78 is 5.16. The van der Waals surface area contributed by atoms with E-state index in [2.05, 4.69) is 16.0 Å². The molecule has 10 nitrogen and oxygen atoms in total. The third kappa shape index (κ3) is 8.51. The van der Waals surface area contributed by atoms with Gasteiger partial charge in [-0.05, 0) is 62.4 Å². The standard InChI is InChI=1S/C28H35N5O5S/c1-17(2)12-25(34)33-16-20(31-28(37)30-19-6-5-7-22(14-19)39-4)15-24(33)27(36)32-23(26(29)35)13-18-8-10-21(38-3)11-9-18/h5-12,14,20,23-24H,13,15-16H2,1-4H3,(H2,29,35)(H,32,36)(H2,30,31,37). The number of rotatable bonds is 10. The van der Waals surface area contributed by atoms with Crippen molar-refractivity contribution in [1.82, 2.24) is 15.5 Å². The van der Waals surface area contributed by atoms with Gasteiger partial charge in [0.05, 0.1) is 13.2 Å². The van der Waals surface area contributed by atoms with Crippen molar-refractivity contribution in [1.29, 1.82) is 0 Å². The lowest BCUT2D eigenvalue weighted by atomic mass is 10.0. The van der Waals surface area contributed by atoms with Gasteiger partial charge in [0.2, 0.25) is 17.7 Å². The Morgan fingerprint density at radius 3 is 2.49 bits per heavy atom. The van der Waals surface area contributed by atoms with E-state index < -0.39 is 36.0 Å². The Balaban J connectivity index is 1.71. The Hall–Kier alpha value is -3.99. The molecule has 5 amide bonds. The highest BCUT2D eigenvalue weighted by atomic mass is 32.2. The van der Waals surface area contributed by atoms with Crippen LogP contribution in [-0.4, -0.2) is 66.7 Å². The molecule has 1 saturated heterocycles. The van der Waals surface area contributed by atoms with E-state index in [1.165, 1.54) is 11.0 Å². The summed E-state index contributed by atoms with van der Waals surface area (Å²) in [5.41, 5.74) is 7.79. The fourth-order valence-electron chi connectivity index (χ4n) is 4.30. The van der Waals surface area contributed by atoms with Crippen LogP contribution in [0.25, 0.3) is 0 Å². The lowest BCUT2D eigenvalue weighted by molar-refractivity contribution is -0.136. The fourth-order valence-corrected chi connectivity index (χ4v) is 4.76. The maximum absolute atomic E-state index is 13.4. The van der Waals surface area contributed by atoms with E-state index >= 15 is 0 Å². The quantitative estimate of drug-likeness (QED) is 0.263. The molecule has 0 bridgehead atoms. The fraction of sp³-hybridized carbons (Fsp3) is 0.357. The third-order valence-electron chi connectivity index (χ3n) is 6.22. The molecule has 1 fully saturated rings. The Morgan fingerprint density at radius 1 is 1.15 bits per heavy atom. The van der Waals surface area contributed by atoms with E-state index in [4.69, 9.17) is 10.5 Å². The number of nitrogens with two attached hydrogens (primary N) is 1. The summed E-state index contributed by atoms with van der Waals surface area (Å²) in [4.78, 5) is 53.6. The van der Waals surface area contributed by atoms with Crippen LogP contribution in [0.5, 0.6) is 5.75 Å². The number of thioether (sulfide) groups is 1. The number of hydrogen-bond acceptors (Lipinski definition) is 6. The molecule has 0 saturated carbocycles. The van der Waals surface area contributed by atoms with Crippen LogP contribution in [0.4, 0.5) is 10.5 Å². The lowest BCUT2D eigenvalue weighted by Crippen LogP contribution is -2.52. The van der Waals surface area contributed by atoms with Crippen LogP contribution in [0.15, 0.2) is 65.1 Å². The summed E-state index contributed by atoms with van der Waals surface area (Å²) in [6, 6.07) is 11.7. The number of carbonyl (C=O) groups is 4. The van der Waals surface area contributed by atoms with E-state index in [0.29, 0.717) is 11.4 Å². The van der Waals surface area contributed by atoms with Crippen molar-refractivity contribution in [2.45, 2.75) is 49.7 Å². The van der Waals surface area contributed by atoms with Crippen molar-refractivity contribution in [3.05, 3.63) is 65.7 Å². The van der Waals surface area contributed by atoms with Crippen molar-refractivity contribution in [3.8, 4) is 5.75 Å². The molecular formula is C28H35N5O5S. The molecule has 39 heavy (non-hydrogen) atoms. The van der Waals surface area contributed by atoms with Crippen LogP contribution >= 0.6 is 11.8 Å². The monoisotopic (exact) mass is 553 g/mol. The van der Waals surface area contributed by atoms with Gasteiger partial charge < -0.3 is 31.3 Å². The summed E-state index contributed by atoms with van der Waals surface area (Å²) >= 11 is 1.56. The van der Waals surface area contributed by atoms with Crippen molar-refractivity contribution in [2.75, 3.05) is 25.2 Å². The maximum Gasteiger partial charge on any atom is 0.319 e. The molecule has 3 atom stereocenters. The largest absolute Gasteiger partial charge is 0.497 e. The van der Waals surface area contributed by atoms with Crippen molar-refractivity contribution in [2.24, 2.45) is 5.73 Å². The molecule has 5 N–H and O–H groups in total. The SMILES string of the molecule is COc1ccc(CC(NC(=O)C2CC(NC(=O)Nc3cccc(SC)c3)CN2C(=O)C=C(C)C)C(N)=O)cc1. The number of hydrogen-bond donors (Lipinski definition) is 4. The summed E-state index contributed by atoms with van der Waals surface area (Å²) in [6.07, 6.45) is 3.75. The van der Waals surface area contributed by atoms with Crippen LogP contribution in [0.1, 0.15) is 25.8 Å². The summed E-state index contributed by atoms with van der Waals surface area (Å²) in [5.74, 6) is -0.892. The van der Waals surface area contributed by atoms with Gasteiger partial charge in [-0.2, -0.15) is 0 Å². The molecule has 208 valence electrons. The number of primary amides is 1. The normalized spacial score (nSPS) is 17.1. The predicted molar refractivity (Wildman–Crippen MR) is 152 cm³/mol. The van der Waals surface area contributed by atoms with Crippen LogP contribution in [0.2, 0.25) is 0 Å². The summed E-state index contributed by atoms with van der Waals surface area (Å²) in [6.45, 7) is 3.71. The molecule has 1 aliphatic rings. The first-order valence-corrected chi connectivity index (χ1v) is 13.7. The van der Waals surface area contributed by atoms with Crippen molar-refractivity contribution >= 4 is 41.2 Å². The van der Waals surface area contributed by atoms with Crippen LogP contribution in [0.3, 0.4) is 0 Å². The number of anilines is 1. The highest BCUT2D eigenvalue weighted by Crippen LogP contribution is 2.22. The molecule has 2 aromatic rings. The second kappa shape index (κ2) is 13.7. The number of allylic oxidation sites excluding steroid dienone is 1. The topological polar surface area (TPSA) is 143 Å². The van der Waals surface area contributed by atoms with Crippen LogP contribution < -0.4 is 26.4 Å². The Labute approximate surface area is 232 Å². The zero-order valence-electron chi connectivity index (χ0n) is 22.5. The van der Waals surface area contributed by atoms with Gasteiger partial charge in [-0.15, -0.1) is 11.8 Å². The van der Waals surface area contributed by atoms with Crippen LogP contribution in [-0.2, 0) is 20.8 Å². The minimum Gasteiger partial charge on any atom is -0.497 e. The minimum atomic E-state index is -0.981. The minimum absolute atomic E-state index is 0.138. The highest BCUT2D eigenvalue weighted by Gasteiger charge is 2.40. The Morgan fingerprint density at radius 2 is 1.87 bits per heavy atom.